The first-order chi connectivity index (χ1) is 10.1. The third kappa shape index (κ3) is 3.44. The smallest absolute Gasteiger partial charge is 0.270 e. The van der Waals surface area contributed by atoms with Gasteiger partial charge in [0.05, 0.1) is 15.3 Å². The molecule has 0 radical (unpaired) electrons. The van der Waals surface area contributed by atoms with E-state index in [1.807, 2.05) is 12.1 Å². The van der Waals surface area contributed by atoms with Crippen LogP contribution in [0.2, 0.25) is 4.34 Å². The molecule has 0 saturated carbocycles. The summed E-state index contributed by atoms with van der Waals surface area (Å²) in [6, 6.07) is 3.71. The molecule has 3 heterocycles. The molecular formula is C13H14ClN3O2S2. The van der Waals surface area contributed by atoms with Crippen molar-refractivity contribution in [2.24, 2.45) is 5.92 Å². The SMILES string of the molecule is O=C(NCC1CNCC1O)c1csc(-c2ccc(Cl)s2)n1. The first-order valence-electron chi connectivity index (χ1n) is 6.51. The third-order valence-electron chi connectivity index (χ3n) is 3.35. The number of β-amino-alcohol motifs (C(OH)–C–C–N with tert-alkyl or cyclic N) is 1. The van der Waals surface area contributed by atoms with E-state index in [9.17, 15) is 9.90 Å². The summed E-state index contributed by atoms with van der Waals surface area (Å²) < 4.78 is 0.703. The normalized spacial score (nSPS) is 21.6. The topological polar surface area (TPSA) is 74.2 Å². The number of aromatic nitrogens is 1. The molecule has 8 heteroatoms. The third-order valence-corrected chi connectivity index (χ3v) is 5.59. The number of amides is 1. The van der Waals surface area contributed by atoms with Gasteiger partial charge in [-0.05, 0) is 12.1 Å². The Balaban J connectivity index is 1.61. The molecule has 2 aromatic heterocycles. The van der Waals surface area contributed by atoms with E-state index in [4.69, 9.17) is 11.6 Å². The van der Waals surface area contributed by atoms with Gasteiger partial charge in [0.2, 0.25) is 0 Å². The fourth-order valence-corrected chi connectivity index (χ4v) is 4.08. The predicted molar refractivity (Wildman–Crippen MR) is 85.1 cm³/mol. The Hall–Kier alpha value is -0.990. The van der Waals surface area contributed by atoms with Gasteiger partial charge < -0.3 is 15.7 Å². The predicted octanol–water partition coefficient (Wildman–Crippen LogP) is 1.84. The van der Waals surface area contributed by atoms with Gasteiger partial charge >= 0.3 is 0 Å². The van der Waals surface area contributed by atoms with Crippen LogP contribution >= 0.6 is 34.3 Å². The number of nitrogens with zero attached hydrogens (tertiary/aromatic N) is 1. The van der Waals surface area contributed by atoms with Crippen LogP contribution in [-0.2, 0) is 0 Å². The van der Waals surface area contributed by atoms with E-state index < -0.39 is 6.10 Å². The monoisotopic (exact) mass is 343 g/mol. The number of nitrogens with one attached hydrogen (secondary N) is 2. The highest BCUT2D eigenvalue weighted by atomic mass is 35.5. The standard InChI is InChI=1S/C13H14ClN3O2S2/c14-11-2-1-10(21-11)13-17-8(6-20-13)12(19)16-4-7-3-15-5-9(7)18/h1-2,6-7,9,15,18H,3-5H2,(H,16,19). The van der Waals surface area contributed by atoms with Crippen molar-refractivity contribution in [3.8, 4) is 9.88 Å². The molecule has 2 aromatic rings. The van der Waals surface area contributed by atoms with Crippen molar-refractivity contribution >= 4 is 40.2 Å². The number of carbonyl (C=O) groups excluding carboxylic acids is 1. The molecular weight excluding hydrogens is 330 g/mol. The highest BCUT2D eigenvalue weighted by Crippen LogP contribution is 2.32. The minimum Gasteiger partial charge on any atom is -0.391 e. The molecule has 2 atom stereocenters. The summed E-state index contributed by atoms with van der Waals surface area (Å²) in [5, 5.41) is 18.1. The number of halogens is 1. The van der Waals surface area contributed by atoms with Crippen LogP contribution in [0.5, 0.6) is 0 Å². The summed E-state index contributed by atoms with van der Waals surface area (Å²) in [6.45, 7) is 1.75. The molecule has 1 amide bonds. The fourth-order valence-electron chi connectivity index (χ4n) is 2.16. The van der Waals surface area contributed by atoms with Crippen molar-refractivity contribution in [3.63, 3.8) is 0 Å². The largest absolute Gasteiger partial charge is 0.391 e. The zero-order chi connectivity index (χ0) is 14.8. The van der Waals surface area contributed by atoms with E-state index in [1.165, 1.54) is 22.7 Å². The minimum absolute atomic E-state index is 0.0585. The number of thiophene rings is 1. The van der Waals surface area contributed by atoms with E-state index in [2.05, 4.69) is 15.6 Å². The molecule has 0 bridgehead atoms. The van der Waals surface area contributed by atoms with Crippen LogP contribution in [0.1, 0.15) is 10.5 Å². The van der Waals surface area contributed by atoms with Crippen LogP contribution < -0.4 is 10.6 Å². The van der Waals surface area contributed by atoms with Gasteiger partial charge in [-0.15, -0.1) is 22.7 Å². The maximum Gasteiger partial charge on any atom is 0.270 e. The van der Waals surface area contributed by atoms with Crippen molar-refractivity contribution < 1.29 is 9.90 Å². The van der Waals surface area contributed by atoms with E-state index in [1.54, 1.807) is 5.38 Å². The van der Waals surface area contributed by atoms with Gasteiger partial charge in [0, 0.05) is 30.9 Å². The van der Waals surface area contributed by atoms with E-state index in [0.717, 1.165) is 16.4 Å². The maximum absolute atomic E-state index is 12.1. The Morgan fingerprint density at radius 3 is 3.05 bits per heavy atom. The van der Waals surface area contributed by atoms with Gasteiger partial charge in [-0.1, -0.05) is 11.6 Å². The number of hydrogen-bond acceptors (Lipinski definition) is 6. The molecule has 112 valence electrons. The Labute approximate surface area is 135 Å². The van der Waals surface area contributed by atoms with Crippen LogP contribution in [0, 0.1) is 5.92 Å². The lowest BCUT2D eigenvalue weighted by atomic mass is 10.1. The molecule has 0 aliphatic carbocycles. The Kier molecular flexibility index (Phi) is 4.56. The summed E-state index contributed by atoms with van der Waals surface area (Å²) in [5.41, 5.74) is 0.403. The first-order valence-corrected chi connectivity index (χ1v) is 8.59. The summed E-state index contributed by atoms with van der Waals surface area (Å²) in [7, 11) is 0. The number of aliphatic hydroxyl groups is 1. The second kappa shape index (κ2) is 6.41. The molecule has 1 fully saturated rings. The lowest BCUT2D eigenvalue weighted by molar-refractivity contribution is 0.0923. The number of aliphatic hydroxyl groups excluding tert-OH is 1. The number of thiazole rings is 1. The van der Waals surface area contributed by atoms with Gasteiger partial charge in [0.25, 0.3) is 5.91 Å². The van der Waals surface area contributed by atoms with Crippen molar-refractivity contribution in [1.82, 2.24) is 15.6 Å². The van der Waals surface area contributed by atoms with Crippen molar-refractivity contribution in [2.45, 2.75) is 6.10 Å². The minimum atomic E-state index is -0.399. The van der Waals surface area contributed by atoms with E-state index >= 15 is 0 Å². The Morgan fingerprint density at radius 1 is 1.52 bits per heavy atom. The molecule has 3 N–H and O–H groups in total. The van der Waals surface area contributed by atoms with Gasteiger partial charge in [0.1, 0.15) is 10.7 Å². The second-order valence-corrected chi connectivity index (χ2v) is 7.41. The lowest BCUT2D eigenvalue weighted by Gasteiger charge is -2.13. The van der Waals surface area contributed by atoms with Gasteiger partial charge in [0.15, 0.2) is 0 Å². The van der Waals surface area contributed by atoms with Crippen LogP contribution in [-0.4, -0.2) is 41.7 Å². The van der Waals surface area contributed by atoms with Crippen molar-refractivity contribution in [2.75, 3.05) is 19.6 Å². The first kappa shape index (κ1) is 14.9. The highest BCUT2D eigenvalue weighted by Gasteiger charge is 2.25. The summed E-state index contributed by atoms with van der Waals surface area (Å²) >= 11 is 8.76. The zero-order valence-corrected chi connectivity index (χ0v) is 13.4. The molecule has 0 spiro atoms. The van der Waals surface area contributed by atoms with Gasteiger partial charge in [-0.2, -0.15) is 0 Å². The second-order valence-electron chi connectivity index (χ2n) is 4.84. The zero-order valence-electron chi connectivity index (χ0n) is 11.0. The number of carbonyl (C=O) groups is 1. The average molecular weight is 344 g/mol. The summed E-state index contributed by atoms with van der Waals surface area (Å²) in [6.07, 6.45) is -0.399. The maximum atomic E-state index is 12.1. The molecule has 0 aromatic carbocycles. The molecule has 21 heavy (non-hydrogen) atoms. The van der Waals surface area contributed by atoms with Crippen LogP contribution in [0.15, 0.2) is 17.5 Å². The quantitative estimate of drug-likeness (QED) is 0.792. The summed E-state index contributed by atoms with van der Waals surface area (Å²) in [5.74, 6) is -0.151. The number of rotatable bonds is 4. The Morgan fingerprint density at radius 2 is 2.38 bits per heavy atom. The Bertz CT molecular complexity index is 643. The number of hydrogen-bond donors (Lipinski definition) is 3. The summed E-state index contributed by atoms with van der Waals surface area (Å²) in [4.78, 5) is 17.4. The van der Waals surface area contributed by atoms with Crippen LogP contribution in [0.3, 0.4) is 0 Å². The fraction of sp³-hybridized carbons (Fsp3) is 0.385. The lowest BCUT2D eigenvalue weighted by Crippen LogP contribution is -2.34. The average Bonchev–Trinajstić information content (AvgIpc) is 3.16. The van der Waals surface area contributed by atoms with Crippen molar-refractivity contribution in [3.05, 3.63) is 27.5 Å². The van der Waals surface area contributed by atoms with Gasteiger partial charge in [-0.25, -0.2) is 4.98 Å². The molecule has 1 aliphatic heterocycles. The van der Waals surface area contributed by atoms with E-state index in [-0.39, 0.29) is 11.8 Å². The van der Waals surface area contributed by atoms with Gasteiger partial charge in [-0.3, -0.25) is 4.79 Å². The molecule has 2 unspecified atom stereocenters. The highest BCUT2D eigenvalue weighted by molar-refractivity contribution is 7.23. The van der Waals surface area contributed by atoms with Crippen LogP contribution in [0.25, 0.3) is 9.88 Å². The van der Waals surface area contributed by atoms with E-state index in [0.29, 0.717) is 23.1 Å². The van der Waals surface area contributed by atoms with Crippen molar-refractivity contribution in [1.29, 1.82) is 0 Å². The molecule has 3 rings (SSSR count). The molecule has 1 aliphatic rings. The molecule has 5 nitrogen and oxygen atoms in total. The molecule has 1 saturated heterocycles. The van der Waals surface area contributed by atoms with Crippen LogP contribution in [0.4, 0.5) is 0 Å².